The molecule has 6 nitrogen and oxygen atoms in total. The van der Waals surface area contributed by atoms with Gasteiger partial charge in [0.1, 0.15) is 24.3 Å². The van der Waals surface area contributed by atoms with Gasteiger partial charge in [0.05, 0.1) is 23.4 Å². The zero-order valence-corrected chi connectivity index (χ0v) is 18.5. The van der Waals surface area contributed by atoms with Crippen molar-refractivity contribution in [1.82, 2.24) is 15.1 Å². The number of amides is 1. The molecule has 4 rings (SSSR count). The number of nitrogens with one attached hydrogen (secondary N) is 1. The van der Waals surface area contributed by atoms with E-state index in [9.17, 15) is 9.18 Å². The highest BCUT2D eigenvalue weighted by molar-refractivity contribution is 5.81. The third-order valence-electron chi connectivity index (χ3n) is 5.55. The second-order valence-electron chi connectivity index (χ2n) is 7.90. The summed E-state index contributed by atoms with van der Waals surface area (Å²) < 4.78 is 21.4. The van der Waals surface area contributed by atoms with E-state index < -0.39 is 18.6 Å². The molecule has 1 amide bonds. The van der Waals surface area contributed by atoms with Crippen molar-refractivity contribution in [3.8, 4) is 11.4 Å². The molecule has 1 aromatic heterocycles. The molecule has 7 heteroatoms. The van der Waals surface area contributed by atoms with E-state index in [0.29, 0.717) is 5.75 Å². The van der Waals surface area contributed by atoms with Crippen LogP contribution in [0.1, 0.15) is 31.1 Å². The van der Waals surface area contributed by atoms with Gasteiger partial charge in [-0.25, -0.2) is 9.07 Å². The Hall–Kier alpha value is -3.71. The van der Waals surface area contributed by atoms with Crippen LogP contribution >= 0.6 is 0 Å². The van der Waals surface area contributed by atoms with Gasteiger partial charge in [0.25, 0.3) is 0 Å². The second-order valence-corrected chi connectivity index (χ2v) is 7.90. The number of nitrogens with zero attached hydrogens (tertiary/aromatic N) is 2. The summed E-state index contributed by atoms with van der Waals surface area (Å²) in [4.78, 5) is 11.8. The number of ether oxygens (including phenoxy) is 1. The largest absolute Gasteiger partial charge is 0.484 e. The predicted octanol–water partition coefficient (Wildman–Crippen LogP) is 4.34. The lowest BCUT2D eigenvalue weighted by Gasteiger charge is -2.27. The van der Waals surface area contributed by atoms with Crippen molar-refractivity contribution in [2.75, 3.05) is 6.61 Å². The number of aliphatic hydroxyl groups excluding tert-OH is 1. The fraction of sp³-hybridized carbons (Fsp3) is 0.231. The van der Waals surface area contributed by atoms with Crippen molar-refractivity contribution < 1.29 is 19.0 Å². The molecule has 2 N–H and O–H groups in total. The highest BCUT2D eigenvalue weighted by atomic mass is 19.1. The summed E-state index contributed by atoms with van der Waals surface area (Å²) in [7, 11) is 0. The third kappa shape index (κ3) is 5.04. The lowest BCUT2D eigenvalue weighted by molar-refractivity contribution is -0.125. The van der Waals surface area contributed by atoms with E-state index in [2.05, 4.69) is 23.4 Å². The van der Waals surface area contributed by atoms with E-state index in [-0.39, 0.29) is 11.9 Å². The predicted molar refractivity (Wildman–Crippen MR) is 125 cm³/mol. The summed E-state index contributed by atoms with van der Waals surface area (Å²) in [5, 5.41) is 17.2. The quantitative estimate of drug-likeness (QED) is 0.421. The number of hydrogen-bond acceptors (Lipinski definition) is 4. The first-order valence-corrected chi connectivity index (χ1v) is 10.9. The van der Waals surface area contributed by atoms with E-state index in [1.165, 1.54) is 12.1 Å². The average Bonchev–Trinajstić information content (AvgIpc) is 3.26. The molecule has 0 aliphatic carbocycles. The maximum Gasteiger partial charge on any atom is 0.246 e. The van der Waals surface area contributed by atoms with Gasteiger partial charge in [-0.15, -0.1) is 0 Å². The smallest absolute Gasteiger partial charge is 0.246 e. The molecule has 4 aromatic rings. The van der Waals surface area contributed by atoms with Crippen LogP contribution in [0.5, 0.6) is 5.75 Å². The Morgan fingerprint density at radius 3 is 2.67 bits per heavy atom. The number of aromatic nitrogens is 2. The molecule has 0 saturated carbocycles. The Morgan fingerprint density at radius 1 is 1.15 bits per heavy atom. The van der Waals surface area contributed by atoms with Crippen LogP contribution in [0, 0.1) is 5.82 Å². The summed E-state index contributed by atoms with van der Waals surface area (Å²) in [5.41, 5.74) is 3.72. The first-order chi connectivity index (χ1) is 16.0. The topological polar surface area (TPSA) is 76.4 Å². The highest BCUT2D eigenvalue weighted by Crippen LogP contribution is 2.29. The van der Waals surface area contributed by atoms with Crippen molar-refractivity contribution in [2.24, 2.45) is 0 Å². The number of fused-ring (bicyclic) bond motifs is 1. The minimum atomic E-state index is -0.583. The van der Waals surface area contributed by atoms with Crippen LogP contribution in [0.15, 0.2) is 72.9 Å². The summed E-state index contributed by atoms with van der Waals surface area (Å²) >= 11 is 0. The molecule has 0 fully saturated rings. The molecule has 0 radical (unpaired) electrons. The number of rotatable bonds is 8. The maximum atomic E-state index is 13.3. The van der Waals surface area contributed by atoms with E-state index in [4.69, 9.17) is 9.84 Å². The van der Waals surface area contributed by atoms with Gasteiger partial charge >= 0.3 is 0 Å². The zero-order valence-electron chi connectivity index (χ0n) is 18.5. The van der Waals surface area contributed by atoms with Gasteiger partial charge in [0, 0.05) is 5.39 Å². The highest BCUT2D eigenvalue weighted by Gasteiger charge is 2.23. The zero-order chi connectivity index (χ0) is 23.4. The first-order valence-electron chi connectivity index (χ1n) is 10.9. The standard InChI is InChI=1S/C26H26FN3O3/c1-3-18-5-4-6-19(13-18)26(17(2)29-25(32)16-31)33-23-11-12-24-20(14-23)15-28-30(24)22-9-7-21(27)8-10-22/h4-15,17,26,31H,3,16H2,1-2H3,(H,29,32)/t17-,26+/m0/s1. The SMILES string of the molecule is CCc1cccc([C@H](Oc2ccc3c(cnn3-c3ccc(F)cc3)c2)[C@H](C)NC(=O)CO)c1. The van der Waals surface area contributed by atoms with Crippen LogP contribution in [0.3, 0.4) is 0 Å². The van der Waals surface area contributed by atoms with Gasteiger partial charge in [0.2, 0.25) is 5.91 Å². The fourth-order valence-corrected chi connectivity index (χ4v) is 3.84. The summed E-state index contributed by atoms with van der Waals surface area (Å²) in [6, 6.07) is 19.5. The molecule has 0 unspecified atom stereocenters. The lowest BCUT2D eigenvalue weighted by Crippen LogP contribution is -2.40. The van der Waals surface area contributed by atoms with Crippen molar-refractivity contribution in [2.45, 2.75) is 32.4 Å². The van der Waals surface area contributed by atoms with Gasteiger partial charge in [0.15, 0.2) is 0 Å². The molecule has 0 aliphatic heterocycles. The molecule has 0 saturated heterocycles. The normalized spacial score (nSPS) is 13.0. The second kappa shape index (κ2) is 9.83. The monoisotopic (exact) mass is 447 g/mol. The number of carbonyl (C=O) groups is 1. The van der Waals surface area contributed by atoms with Crippen molar-refractivity contribution in [3.05, 3.63) is 89.9 Å². The van der Waals surface area contributed by atoms with Crippen LogP contribution in [-0.2, 0) is 11.2 Å². The molecule has 3 aromatic carbocycles. The first kappa shape index (κ1) is 22.5. The van der Waals surface area contributed by atoms with Gasteiger partial charge in [-0.3, -0.25) is 4.79 Å². The lowest BCUT2D eigenvalue weighted by atomic mass is 10.00. The van der Waals surface area contributed by atoms with Gasteiger partial charge in [-0.1, -0.05) is 31.2 Å². The average molecular weight is 448 g/mol. The van der Waals surface area contributed by atoms with E-state index >= 15 is 0 Å². The Bertz CT molecular complexity index is 1250. The van der Waals surface area contributed by atoms with Gasteiger partial charge in [-0.05, 0) is 66.9 Å². The molecule has 0 aliphatic rings. The molecule has 0 bridgehead atoms. The van der Waals surface area contributed by atoms with E-state index in [1.54, 1.807) is 23.0 Å². The third-order valence-corrected chi connectivity index (χ3v) is 5.55. The Balaban J connectivity index is 1.65. The van der Waals surface area contributed by atoms with Crippen LogP contribution in [0.25, 0.3) is 16.6 Å². The summed E-state index contributed by atoms with van der Waals surface area (Å²) in [5.74, 6) is -0.136. The van der Waals surface area contributed by atoms with E-state index in [0.717, 1.165) is 34.1 Å². The van der Waals surface area contributed by atoms with Crippen molar-refractivity contribution >= 4 is 16.8 Å². The van der Waals surface area contributed by atoms with Crippen LogP contribution < -0.4 is 10.1 Å². The minimum absolute atomic E-state index is 0.300. The minimum Gasteiger partial charge on any atom is -0.484 e. The molecule has 170 valence electrons. The fourth-order valence-electron chi connectivity index (χ4n) is 3.84. The number of aryl methyl sites for hydroxylation is 1. The number of hydrogen-bond donors (Lipinski definition) is 2. The Kier molecular flexibility index (Phi) is 6.70. The number of aliphatic hydroxyl groups is 1. The van der Waals surface area contributed by atoms with Gasteiger partial charge < -0.3 is 15.2 Å². The van der Waals surface area contributed by atoms with Crippen LogP contribution in [-0.4, -0.2) is 33.4 Å². The molecule has 33 heavy (non-hydrogen) atoms. The molecule has 1 heterocycles. The number of benzene rings is 3. The number of halogens is 1. The van der Waals surface area contributed by atoms with E-state index in [1.807, 2.05) is 43.3 Å². The summed E-state index contributed by atoms with van der Waals surface area (Å²) in [6.07, 6.45) is 2.15. The van der Waals surface area contributed by atoms with Crippen LogP contribution in [0.4, 0.5) is 4.39 Å². The van der Waals surface area contributed by atoms with Gasteiger partial charge in [-0.2, -0.15) is 5.10 Å². The van der Waals surface area contributed by atoms with Crippen LogP contribution in [0.2, 0.25) is 0 Å². The van der Waals surface area contributed by atoms with Crippen molar-refractivity contribution in [1.29, 1.82) is 0 Å². The molecular formula is C26H26FN3O3. The maximum absolute atomic E-state index is 13.3. The van der Waals surface area contributed by atoms with Crippen molar-refractivity contribution in [3.63, 3.8) is 0 Å². The number of carbonyl (C=O) groups excluding carboxylic acids is 1. The Labute approximate surface area is 191 Å². The molecule has 2 atom stereocenters. The summed E-state index contributed by atoms with van der Waals surface area (Å²) in [6.45, 7) is 3.35. The Morgan fingerprint density at radius 2 is 1.94 bits per heavy atom. The molecule has 0 spiro atoms. The molecular weight excluding hydrogens is 421 g/mol.